The van der Waals surface area contributed by atoms with Crippen LogP contribution in [0, 0.1) is 0 Å². The van der Waals surface area contributed by atoms with Crippen LogP contribution in [0.25, 0.3) is 22.4 Å². The van der Waals surface area contributed by atoms with Crippen molar-refractivity contribution in [2.24, 2.45) is 0 Å². The Morgan fingerprint density at radius 1 is 1.17 bits per heavy atom. The summed E-state index contributed by atoms with van der Waals surface area (Å²) in [5.41, 5.74) is 2.25. The summed E-state index contributed by atoms with van der Waals surface area (Å²) in [5.74, 6) is 0.238. The number of para-hydroxylation sites is 2. The van der Waals surface area contributed by atoms with Gasteiger partial charge in [0.2, 0.25) is 6.10 Å². The number of fused-ring (bicyclic) bond motifs is 1. The van der Waals surface area contributed by atoms with Gasteiger partial charge in [-0.15, -0.1) is 0 Å². The van der Waals surface area contributed by atoms with Crippen LogP contribution in [-0.4, -0.2) is 34.0 Å². The largest absolute Gasteiger partial charge is 0.497 e. The van der Waals surface area contributed by atoms with Gasteiger partial charge < -0.3 is 14.7 Å². The first-order chi connectivity index (χ1) is 11.1. The number of hydrogen-bond donors (Lipinski definition) is 1. The normalized spacial score (nSPS) is 12.1. The molecule has 2 aromatic carbocycles. The van der Waals surface area contributed by atoms with E-state index in [9.17, 15) is 4.79 Å². The number of ether oxygens (including phenoxy) is 1. The molecule has 0 unspecified atom stereocenters. The van der Waals surface area contributed by atoms with Gasteiger partial charge in [0.05, 0.1) is 12.6 Å². The lowest BCUT2D eigenvalue weighted by Gasteiger charge is -2.14. The second-order valence-corrected chi connectivity index (χ2v) is 5.03. The van der Waals surface area contributed by atoms with Crippen molar-refractivity contribution in [3.63, 3.8) is 0 Å². The van der Waals surface area contributed by atoms with Crippen LogP contribution in [0.15, 0.2) is 48.5 Å². The van der Waals surface area contributed by atoms with Crippen molar-refractivity contribution in [3.05, 3.63) is 48.5 Å². The molecule has 1 heterocycles. The first-order valence-corrected chi connectivity index (χ1v) is 7.12. The van der Waals surface area contributed by atoms with E-state index in [-0.39, 0.29) is 0 Å². The Balaban J connectivity index is 2.12. The fraction of sp³-hybridized carbons (Fsp3) is 0.176. The third-order valence-corrected chi connectivity index (χ3v) is 3.48. The molecule has 1 atom stereocenters. The molecule has 6 nitrogen and oxygen atoms in total. The molecule has 0 bridgehead atoms. The standard InChI is InChI=1S/C17H16N2O4/c1-11(17(20)21)23-19-15-6-4-3-5-14(15)18-16(19)12-7-9-13(22-2)10-8-12/h3-11H,1-2H3,(H,20,21)/t11-/m0/s1. The van der Waals surface area contributed by atoms with Crippen LogP contribution in [0.3, 0.4) is 0 Å². The highest BCUT2D eigenvalue weighted by molar-refractivity contribution is 5.80. The zero-order chi connectivity index (χ0) is 16.4. The van der Waals surface area contributed by atoms with Crippen molar-refractivity contribution in [2.45, 2.75) is 13.0 Å². The third-order valence-electron chi connectivity index (χ3n) is 3.48. The van der Waals surface area contributed by atoms with Gasteiger partial charge in [-0.05, 0) is 43.3 Å². The lowest BCUT2D eigenvalue weighted by atomic mass is 10.2. The van der Waals surface area contributed by atoms with Gasteiger partial charge in [-0.25, -0.2) is 9.78 Å². The molecule has 1 aromatic heterocycles. The average molecular weight is 312 g/mol. The molecule has 6 heteroatoms. The molecule has 3 rings (SSSR count). The number of aromatic nitrogens is 2. The van der Waals surface area contributed by atoms with Crippen LogP contribution in [0.4, 0.5) is 0 Å². The average Bonchev–Trinajstić information content (AvgIpc) is 2.93. The molecule has 0 aliphatic rings. The van der Waals surface area contributed by atoms with Crippen LogP contribution in [0.1, 0.15) is 6.92 Å². The lowest BCUT2D eigenvalue weighted by Crippen LogP contribution is -2.30. The molecule has 0 spiro atoms. The number of rotatable bonds is 5. The summed E-state index contributed by atoms with van der Waals surface area (Å²) < 4.78 is 6.62. The number of benzene rings is 2. The van der Waals surface area contributed by atoms with Crippen molar-refractivity contribution >= 4 is 17.0 Å². The summed E-state index contributed by atoms with van der Waals surface area (Å²) in [7, 11) is 1.60. The fourth-order valence-electron chi connectivity index (χ4n) is 2.24. The van der Waals surface area contributed by atoms with Crippen molar-refractivity contribution in [1.29, 1.82) is 0 Å². The number of carboxylic acid groups (broad SMARTS) is 1. The number of carbonyl (C=O) groups is 1. The van der Waals surface area contributed by atoms with Gasteiger partial charge in [-0.1, -0.05) is 12.1 Å². The molecule has 0 saturated heterocycles. The van der Waals surface area contributed by atoms with Crippen LogP contribution in [0.5, 0.6) is 5.75 Å². The maximum Gasteiger partial charge on any atom is 0.347 e. The topological polar surface area (TPSA) is 73.6 Å². The van der Waals surface area contributed by atoms with Gasteiger partial charge in [0, 0.05) is 5.56 Å². The smallest absolute Gasteiger partial charge is 0.347 e. The van der Waals surface area contributed by atoms with Gasteiger partial charge in [0.1, 0.15) is 11.3 Å². The Kier molecular flexibility index (Phi) is 3.89. The van der Waals surface area contributed by atoms with E-state index in [1.165, 1.54) is 11.7 Å². The number of carboxylic acids is 1. The zero-order valence-corrected chi connectivity index (χ0v) is 12.8. The van der Waals surface area contributed by atoms with Crippen molar-refractivity contribution in [1.82, 2.24) is 9.71 Å². The van der Waals surface area contributed by atoms with E-state index < -0.39 is 12.1 Å². The summed E-state index contributed by atoms with van der Waals surface area (Å²) in [6, 6.07) is 14.8. The lowest BCUT2D eigenvalue weighted by molar-refractivity contribution is -0.148. The molecule has 0 saturated carbocycles. The zero-order valence-electron chi connectivity index (χ0n) is 12.8. The molecule has 23 heavy (non-hydrogen) atoms. The summed E-state index contributed by atoms with van der Waals surface area (Å²) >= 11 is 0. The Morgan fingerprint density at radius 3 is 2.52 bits per heavy atom. The first kappa shape index (κ1) is 14.9. The molecule has 0 fully saturated rings. The van der Waals surface area contributed by atoms with E-state index in [1.54, 1.807) is 7.11 Å². The number of methoxy groups -OCH3 is 1. The molecule has 1 N–H and O–H groups in total. The number of hydrogen-bond acceptors (Lipinski definition) is 4. The number of aliphatic carboxylic acids is 1. The minimum atomic E-state index is -1.04. The van der Waals surface area contributed by atoms with E-state index in [0.29, 0.717) is 11.3 Å². The van der Waals surface area contributed by atoms with Gasteiger partial charge in [0.25, 0.3) is 0 Å². The highest BCUT2D eigenvalue weighted by Gasteiger charge is 2.19. The Bertz CT molecular complexity index is 839. The minimum absolute atomic E-state index is 0.543. The molecule has 0 amide bonds. The Labute approximate surface area is 132 Å². The van der Waals surface area contributed by atoms with E-state index in [1.807, 2.05) is 48.5 Å². The van der Waals surface area contributed by atoms with Crippen LogP contribution in [-0.2, 0) is 4.79 Å². The predicted octanol–water partition coefficient (Wildman–Crippen LogP) is 2.61. The number of nitrogens with zero attached hydrogens (tertiary/aromatic N) is 2. The van der Waals surface area contributed by atoms with Gasteiger partial charge in [0.15, 0.2) is 5.82 Å². The monoisotopic (exact) mass is 312 g/mol. The number of imidazole rings is 1. The minimum Gasteiger partial charge on any atom is -0.497 e. The van der Waals surface area contributed by atoms with E-state index >= 15 is 0 Å². The van der Waals surface area contributed by atoms with Gasteiger partial charge >= 0.3 is 5.97 Å². The predicted molar refractivity (Wildman–Crippen MR) is 85.4 cm³/mol. The molecular weight excluding hydrogens is 296 g/mol. The molecule has 3 aromatic rings. The summed E-state index contributed by atoms with van der Waals surface area (Å²) in [6.07, 6.45) is -0.996. The summed E-state index contributed by atoms with van der Waals surface area (Å²) in [4.78, 5) is 21.3. The van der Waals surface area contributed by atoms with Crippen LogP contribution < -0.4 is 9.57 Å². The molecule has 0 radical (unpaired) electrons. The maximum absolute atomic E-state index is 11.1. The second kappa shape index (κ2) is 6.00. The van der Waals surface area contributed by atoms with E-state index in [4.69, 9.17) is 14.7 Å². The van der Waals surface area contributed by atoms with Crippen molar-refractivity contribution in [2.75, 3.05) is 7.11 Å². The molecule has 0 aliphatic heterocycles. The van der Waals surface area contributed by atoms with Crippen LogP contribution in [0.2, 0.25) is 0 Å². The second-order valence-electron chi connectivity index (χ2n) is 5.03. The maximum atomic E-state index is 11.1. The van der Waals surface area contributed by atoms with E-state index in [0.717, 1.165) is 16.8 Å². The van der Waals surface area contributed by atoms with E-state index in [2.05, 4.69) is 4.98 Å². The van der Waals surface area contributed by atoms with Crippen molar-refractivity contribution < 1.29 is 19.5 Å². The fourth-order valence-corrected chi connectivity index (χ4v) is 2.24. The SMILES string of the molecule is COc1ccc(-c2nc3ccccc3n2O[C@@H](C)C(=O)O)cc1. The summed E-state index contributed by atoms with van der Waals surface area (Å²) in [5, 5.41) is 9.11. The molecule has 118 valence electrons. The highest BCUT2D eigenvalue weighted by Crippen LogP contribution is 2.25. The van der Waals surface area contributed by atoms with Gasteiger partial charge in [-0.2, -0.15) is 4.73 Å². The van der Waals surface area contributed by atoms with Crippen molar-refractivity contribution in [3.8, 4) is 17.1 Å². The Hall–Kier alpha value is -3.02. The highest BCUT2D eigenvalue weighted by atomic mass is 16.7. The van der Waals surface area contributed by atoms with Crippen LogP contribution >= 0.6 is 0 Å². The van der Waals surface area contributed by atoms with Gasteiger partial charge in [-0.3, -0.25) is 0 Å². The third kappa shape index (κ3) is 2.83. The molecular formula is C17H16N2O4. The summed E-state index contributed by atoms with van der Waals surface area (Å²) in [6.45, 7) is 1.48. The Morgan fingerprint density at radius 2 is 1.87 bits per heavy atom. The molecule has 0 aliphatic carbocycles. The first-order valence-electron chi connectivity index (χ1n) is 7.12. The quantitative estimate of drug-likeness (QED) is 0.784.